The molecule has 2 saturated heterocycles. The van der Waals surface area contributed by atoms with Crippen LogP contribution in [-0.2, 0) is 47.1 Å². The Morgan fingerprint density at radius 3 is 0.940 bits per heavy atom. The van der Waals surface area contributed by atoms with Crippen molar-refractivity contribution in [2.45, 2.75) is 100 Å². The third-order valence-corrected chi connectivity index (χ3v) is 19.0. The molecule has 9 rings (SSSR count). The fourth-order valence-corrected chi connectivity index (χ4v) is 10.00. The largest absolute Gasteiger partial charge is 0.461 e. The van der Waals surface area contributed by atoms with E-state index >= 15 is 0 Å². The molecule has 18 heteroatoms. The Labute approximate surface area is 487 Å². The van der Waals surface area contributed by atoms with Crippen LogP contribution >= 0.6 is 0 Å². The molecule has 0 bridgehead atoms. The van der Waals surface area contributed by atoms with Gasteiger partial charge in [0.25, 0.3) is 0 Å². The zero-order valence-corrected chi connectivity index (χ0v) is 47.8. The molecule has 0 N–H and O–H groups in total. The predicted molar refractivity (Wildman–Crippen MR) is 307 cm³/mol. The summed E-state index contributed by atoms with van der Waals surface area (Å²) in [6, 6.07) is 56.7. The van der Waals surface area contributed by atoms with Gasteiger partial charge in [0.2, 0.25) is 12.4 Å². The van der Waals surface area contributed by atoms with Crippen LogP contribution < -0.4 is 4.74 Å². The van der Waals surface area contributed by atoms with Gasteiger partial charge in [0, 0.05) is 0 Å². The molecule has 10 atom stereocenters. The second kappa shape index (κ2) is 27.5. The molecule has 0 saturated carbocycles. The lowest BCUT2D eigenvalue weighted by Crippen LogP contribution is -2.65. The first-order valence-electron chi connectivity index (χ1n) is 27.4. The summed E-state index contributed by atoms with van der Waals surface area (Å²) in [5.74, 6) is -5.02. The summed E-state index contributed by atoms with van der Waals surface area (Å²) in [6.07, 6.45) is -16.3. The molecule has 7 aromatic rings. The van der Waals surface area contributed by atoms with Gasteiger partial charge in [0.05, 0.1) is 46.6 Å². The van der Waals surface area contributed by atoms with Gasteiger partial charge in [0.1, 0.15) is 18.0 Å². The van der Waals surface area contributed by atoms with Crippen molar-refractivity contribution in [3.05, 3.63) is 246 Å². The molecule has 434 valence electrons. The normalized spacial score (nSPS) is 22.2. The minimum Gasteiger partial charge on any atom is -0.461 e. The molecule has 0 amide bonds. The molecule has 0 radical (unpaired) electrons. The van der Waals surface area contributed by atoms with Gasteiger partial charge in [-0.05, 0) is 103 Å². The van der Waals surface area contributed by atoms with Crippen molar-refractivity contribution in [1.82, 2.24) is 0 Å². The third-order valence-electron chi connectivity index (χ3n) is 14.5. The van der Waals surface area contributed by atoms with E-state index in [2.05, 4.69) is 0 Å². The minimum absolute atomic E-state index is 0.0918. The fourth-order valence-electron chi connectivity index (χ4n) is 8.98. The minimum atomic E-state index is -2.68. The van der Waals surface area contributed by atoms with Gasteiger partial charge >= 0.3 is 35.8 Å². The molecule has 7 aromatic carbocycles. The first kappa shape index (κ1) is 59.8. The van der Waals surface area contributed by atoms with Gasteiger partial charge < -0.3 is 51.8 Å². The highest BCUT2D eigenvalue weighted by molar-refractivity contribution is 6.74. The SMILES string of the molecule is CC(C)(C)[Si](C)(C)OC[C@H]1O[C@H](OC[C@H]2O[C@H](Oc3ccccc3)[C@@H](OC(=O)c3ccccc3)[C@@H](OC(=O)c3ccccc3)[C@@H]2OC(=O)c2ccccc2)[C@@H](OC(=O)c2ccccc2)[C@@H](OC(=O)c2ccccc2)[C@@H]1OC(=O)c1ccccc1. The van der Waals surface area contributed by atoms with Crippen molar-refractivity contribution in [3.8, 4) is 5.75 Å². The molecule has 2 aliphatic heterocycles. The summed E-state index contributed by atoms with van der Waals surface area (Å²) in [6.45, 7) is 9.24. The van der Waals surface area contributed by atoms with E-state index in [1.807, 2.05) is 33.9 Å². The van der Waals surface area contributed by atoms with Crippen molar-refractivity contribution in [2.75, 3.05) is 13.2 Å². The van der Waals surface area contributed by atoms with Crippen molar-refractivity contribution >= 4 is 44.1 Å². The maximum atomic E-state index is 14.5. The van der Waals surface area contributed by atoms with Crippen LogP contribution in [0.3, 0.4) is 0 Å². The van der Waals surface area contributed by atoms with E-state index < -0.39 is 112 Å². The first-order chi connectivity index (χ1) is 40.5. The van der Waals surface area contributed by atoms with Crippen LogP contribution in [0.1, 0.15) is 82.9 Å². The number of rotatable bonds is 20. The standard InChI is InChI=1S/C66H64O17Si/c1-66(2,3)84(4,5)74-42-51-53(79-59(68)44-29-15-7-16-30-44)54(80-60(69)45-31-17-8-18-32-45)56(82-62(71)47-35-21-10-22-36-47)64(76-51)73-41-50-52(78-58(67)43-27-13-6-14-28-43)55(81-61(70)46-33-19-9-20-34-46)57(83-63(72)48-37-23-11-24-38-48)65(77-50)75-49-39-25-12-26-40-49/h6-40,50-57,64-65H,41-42H2,1-5H3/t50-,51-,52-,53-,54+,55+,56+,57+,64+,65+/m1/s1. The molecular formula is C66H64O17Si. The monoisotopic (exact) mass is 1160 g/mol. The highest BCUT2D eigenvalue weighted by atomic mass is 28.4. The average molecular weight is 1160 g/mol. The lowest BCUT2D eigenvalue weighted by Gasteiger charge is -2.47. The number of esters is 6. The van der Waals surface area contributed by atoms with Crippen LogP contribution in [0.2, 0.25) is 18.1 Å². The summed E-state index contributed by atoms with van der Waals surface area (Å²) in [4.78, 5) is 86.4. The van der Waals surface area contributed by atoms with E-state index in [-0.39, 0.29) is 50.8 Å². The first-order valence-corrected chi connectivity index (χ1v) is 30.3. The quantitative estimate of drug-likeness (QED) is 0.0395. The van der Waals surface area contributed by atoms with E-state index in [0.29, 0.717) is 0 Å². The van der Waals surface area contributed by atoms with E-state index in [4.69, 9.17) is 51.8 Å². The number of ether oxygens (including phenoxy) is 10. The molecule has 84 heavy (non-hydrogen) atoms. The Hall–Kier alpha value is -8.78. The van der Waals surface area contributed by atoms with E-state index in [1.54, 1.807) is 152 Å². The highest BCUT2D eigenvalue weighted by Gasteiger charge is 2.57. The Morgan fingerprint density at radius 2 is 0.619 bits per heavy atom. The van der Waals surface area contributed by atoms with Crippen LogP contribution in [0.4, 0.5) is 0 Å². The lowest BCUT2D eigenvalue weighted by atomic mass is 9.96. The molecule has 0 aliphatic carbocycles. The number of hydrogen-bond acceptors (Lipinski definition) is 17. The molecule has 17 nitrogen and oxygen atoms in total. The lowest BCUT2D eigenvalue weighted by molar-refractivity contribution is -0.319. The Kier molecular flexibility index (Phi) is 19.6. The average Bonchev–Trinajstić information content (AvgIpc) is 3.71. The van der Waals surface area contributed by atoms with Crippen LogP contribution in [0.15, 0.2) is 212 Å². The van der Waals surface area contributed by atoms with E-state index in [1.165, 1.54) is 60.7 Å². The number of hydrogen-bond donors (Lipinski definition) is 0. The molecule has 0 unspecified atom stereocenters. The van der Waals surface area contributed by atoms with Crippen molar-refractivity contribution < 1.29 is 80.6 Å². The summed E-state index contributed by atoms with van der Waals surface area (Å²) >= 11 is 0. The van der Waals surface area contributed by atoms with E-state index in [0.717, 1.165) is 0 Å². The second-order valence-corrected chi connectivity index (χ2v) is 26.1. The molecule has 2 fully saturated rings. The maximum absolute atomic E-state index is 14.5. The van der Waals surface area contributed by atoms with Crippen molar-refractivity contribution in [3.63, 3.8) is 0 Å². The number of para-hydroxylation sites is 1. The number of carbonyl (C=O) groups excluding carboxylic acids is 6. The van der Waals surface area contributed by atoms with Crippen molar-refractivity contribution in [2.24, 2.45) is 0 Å². The van der Waals surface area contributed by atoms with E-state index in [9.17, 15) is 28.8 Å². The summed E-state index contributed by atoms with van der Waals surface area (Å²) in [5, 5.41) is -0.336. The highest BCUT2D eigenvalue weighted by Crippen LogP contribution is 2.39. The fraction of sp³-hybridized carbons (Fsp3) is 0.273. The Morgan fingerprint density at radius 1 is 0.357 bits per heavy atom. The second-order valence-electron chi connectivity index (χ2n) is 21.3. The summed E-state index contributed by atoms with van der Waals surface area (Å²) in [5.41, 5.74) is 0.673. The molecule has 2 aliphatic rings. The van der Waals surface area contributed by atoms with Gasteiger partial charge in [-0.3, -0.25) is 0 Å². The van der Waals surface area contributed by atoms with Crippen LogP contribution in [0.5, 0.6) is 5.75 Å². The van der Waals surface area contributed by atoms with Crippen LogP contribution in [-0.4, -0.2) is 119 Å². The Bertz CT molecular complexity index is 3300. The molecular weight excluding hydrogens is 1090 g/mol. The molecule has 0 spiro atoms. The van der Waals surface area contributed by atoms with Gasteiger partial charge in [-0.25, -0.2) is 28.8 Å². The number of carbonyl (C=O) groups is 6. The Balaban J connectivity index is 1.17. The maximum Gasteiger partial charge on any atom is 0.338 e. The molecule has 2 heterocycles. The predicted octanol–water partition coefficient (Wildman–Crippen LogP) is 10.9. The third kappa shape index (κ3) is 15.1. The summed E-state index contributed by atoms with van der Waals surface area (Å²) in [7, 11) is -2.68. The van der Waals surface area contributed by atoms with Gasteiger partial charge in [-0.2, -0.15) is 0 Å². The zero-order valence-electron chi connectivity index (χ0n) is 46.8. The van der Waals surface area contributed by atoms with Gasteiger partial charge in [-0.15, -0.1) is 0 Å². The van der Waals surface area contributed by atoms with Gasteiger partial charge in [0.15, 0.2) is 45.1 Å². The van der Waals surface area contributed by atoms with Crippen LogP contribution in [0, 0.1) is 0 Å². The smallest absolute Gasteiger partial charge is 0.338 e. The molecule has 0 aromatic heterocycles. The van der Waals surface area contributed by atoms with Crippen molar-refractivity contribution in [1.29, 1.82) is 0 Å². The summed E-state index contributed by atoms with van der Waals surface area (Å²) < 4.78 is 71.8. The zero-order chi connectivity index (χ0) is 59.2. The van der Waals surface area contributed by atoms with Gasteiger partial charge in [-0.1, -0.05) is 148 Å². The van der Waals surface area contributed by atoms with Crippen LogP contribution in [0.25, 0.3) is 0 Å². The number of benzene rings is 7. The topological polar surface area (TPSA) is 204 Å².